The van der Waals surface area contributed by atoms with Crippen molar-refractivity contribution in [2.45, 2.75) is 12.5 Å². The number of carboxylic acid groups (broad SMARTS) is 1. The lowest BCUT2D eigenvalue weighted by molar-refractivity contribution is -0.138. The Labute approximate surface area is 93.3 Å². The van der Waals surface area contributed by atoms with Crippen LogP contribution in [-0.2, 0) is 18.3 Å². The van der Waals surface area contributed by atoms with E-state index in [2.05, 4.69) is 0 Å². The van der Waals surface area contributed by atoms with Gasteiger partial charge in [-0.05, 0) is 29.5 Å². The molecule has 84 valence electrons. The molecular formula is C12H14N2O2. The van der Waals surface area contributed by atoms with Crippen LogP contribution in [0.25, 0.3) is 10.9 Å². The number of aromatic nitrogens is 1. The third-order valence-corrected chi connectivity index (χ3v) is 2.73. The number of hydrogen-bond acceptors (Lipinski definition) is 2. The Hall–Kier alpha value is -1.81. The van der Waals surface area contributed by atoms with E-state index in [9.17, 15) is 4.79 Å². The van der Waals surface area contributed by atoms with E-state index in [4.69, 9.17) is 10.8 Å². The molecule has 0 saturated carbocycles. The minimum Gasteiger partial charge on any atom is -0.480 e. The largest absolute Gasteiger partial charge is 0.480 e. The van der Waals surface area contributed by atoms with Gasteiger partial charge in [0.05, 0.1) is 0 Å². The number of rotatable bonds is 3. The maximum atomic E-state index is 10.7. The second-order valence-electron chi connectivity index (χ2n) is 3.97. The zero-order valence-electron chi connectivity index (χ0n) is 9.05. The van der Waals surface area contributed by atoms with Crippen molar-refractivity contribution in [2.24, 2.45) is 12.8 Å². The van der Waals surface area contributed by atoms with Gasteiger partial charge in [-0.15, -0.1) is 0 Å². The second kappa shape index (κ2) is 3.98. The fraction of sp³-hybridized carbons (Fsp3) is 0.250. The number of aliphatic carboxylic acids is 1. The zero-order chi connectivity index (χ0) is 11.7. The lowest BCUT2D eigenvalue weighted by Crippen LogP contribution is -2.32. The van der Waals surface area contributed by atoms with Crippen LogP contribution in [-0.4, -0.2) is 21.7 Å². The van der Waals surface area contributed by atoms with E-state index in [1.54, 1.807) is 0 Å². The molecule has 1 aromatic heterocycles. The van der Waals surface area contributed by atoms with E-state index >= 15 is 0 Å². The van der Waals surface area contributed by atoms with Gasteiger partial charge in [-0.25, -0.2) is 0 Å². The van der Waals surface area contributed by atoms with E-state index in [1.165, 1.54) is 0 Å². The summed E-state index contributed by atoms with van der Waals surface area (Å²) in [6.07, 6.45) is 2.34. The van der Waals surface area contributed by atoms with Gasteiger partial charge >= 0.3 is 5.97 Å². The van der Waals surface area contributed by atoms with E-state index in [0.717, 1.165) is 16.5 Å². The first kappa shape index (κ1) is 10.7. The SMILES string of the molecule is Cn1ccc2ccc(CC(N)C(=O)O)cc21. The van der Waals surface area contributed by atoms with Crippen molar-refractivity contribution in [2.75, 3.05) is 0 Å². The van der Waals surface area contributed by atoms with E-state index in [1.807, 2.05) is 42.1 Å². The van der Waals surface area contributed by atoms with Gasteiger partial charge in [0, 0.05) is 18.8 Å². The van der Waals surface area contributed by atoms with Crippen molar-refractivity contribution in [1.29, 1.82) is 0 Å². The molecule has 2 aromatic rings. The highest BCUT2D eigenvalue weighted by Crippen LogP contribution is 2.17. The van der Waals surface area contributed by atoms with Crippen molar-refractivity contribution in [3.05, 3.63) is 36.0 Å². The van der Waals surface area contributed by atoms with E-state index < -0.39 is 12.0 Å². The summed E-state index contributed by atoms with van der Waals surface area (Å²) in [4.78, 5) is 10.7. The van der Waals surface area contributed by atoms with Gasteiger partial charge in [-0.3, -0.25) is 4.79 Å². The van der Waals surface area contributed by atoms with Gasteiger partial charge in [0.1, 0.15) is 6.04 Å². The Bertz CT molecular complexity index is 531. The molecule has 0 aliphatic heterocycles. The van der Waals surface area contributed by atoms with Crippen LogP contribution in [0.4, 0.5) is 0 Å². The predicted octanol–water partition coefficient (Wildman–Crippen LogP) is 1.13. The number of benzene rings is 1. The van der Waals surface area contributed by atoms with Crippen LogP contribution in [0.15, 0.2) is 30.5 Å². The van der Waals surface area contributed by atoms with Gasteiger partial charge in [0.25, 0.3) is 0 Å². The highest BCUT2D eigenvalue weighted by atomic mass is 16.4. The van der Waals surface area contributed by atoms with Crippen molar-refractivity contribution in [3.63, 3.8) is 0 Å². The van der Waals surface area contributed by atoms with Crippen molar-refractivity contribution in [3.8, 4) is 0 Å². The van der Waals surface area contributed by atoms with E-state index in [-0.39, 0.29) is 0 Å². The average Bonchev–Trinajstić information content (AvgIpc) is 2.60. The number of nitrogens with zero attached hydrogens (tertiary/aromatic N) is 1. The molecule has 1 atom stereocenters. The minimum atomic E-state index is -0.966. The first-order valence-electron chi connectivity index (χ1n) is 5.10. The number of nitrogens with two attached hydrogens (primary N) is 1. The average molecular weight is 218 g/mol. The summed E-state index contributed by atoms with van der Waals surface area (Å²) in [7, 11) is 1.96. The summed E-state index contributed by atoms with van der Waals surface area (Å²) >= 11 is 0. The van der Waals surface area contributed by atoms with E-state index in [0.29, 0.717) is 6.42 Å². The highest BCUT2D eigenvalue weighted by Gasteiger charge is 2.12. The highest BCUT2D eigenvalue weighted by molar-refractivity contribution is 5.81. The number of fused-ring (bicyclic) bond motifs is 1. The molecule has 0 aliphatic carbocycles. The minimum absolute atomic E-state index is 0.358. The van der Waals surface area contributed by atoms with Gasteiger partial charge in [0.15, 0.2) is 0 Å². The van der Waals surface area contributed by atoms with Gasteiger partial charge in [0.2, 0.25) is 0 Å². The third-order valence-electron chi connectivity index (χ3n) is 2.73. The fourth-order valence-electron chi connectivity index (χ4n) is 1.78. The van der Waals surface area contributed by atoms with Crippen LogP contribution >= 0.6 is 0 Å². The van der Waals surface area contributed by atoms with Crippen LogP contribution in [0.5, 0.6) is 0 Å². The summed E-state index contributed by atoms with van der Waals surface area (Å²) < 4.78 is 2.01. The van der Waals surface area contributed by atoms with Crippen molar-refractivity contribution >= 4 is 16.9 Å². The molecule has 4 heteroatoms. The van der Waals surface area contributed by atoms with Crippen LogP contribution in [0, 0.1) is 0 Å². The van der Waals surface area contributed by atoms with Gasteiger partial charge < -0.3 is 15.4 Å². The molecule has 0 fully saturated rings. The summed E-state index contributed by atoms with van der Waals surface area (Å²) in [5.41, 5.74) is 7.54. The zero-order valence-corrected chi connectivity index (χ0v) is 9.05. The van der Waals surface area contributed by atoms with Crippen LogP contribution < -0.4 is 5.73 Å². The molecule has 0 amide bonds. The smallest absolute Gasteiger partial charge is 0.320 e. The molecule has 4 nitrogen and oxygen atoms in total. The fourth-order valence-corrected chi connectivity index (χ4v) is 1.78. The molecule has 0 aliphatic rings. The topological polar surface area (TPSA) is 68.2 Å². The number of aryl methyl sites for hydroxylation is 1. The monoisotopic (exact) mass is 218 g/mol. The van der Waals surface area contributed by atoms with Gasteiger partial charge in [-0.2, -0.15) is 0 Å². The molecule has 2 rings (SSSR count). The van der Waals surface area contributed by atoms with Crippen LogP contribution in [0.3, 0.4) is 0 Å². The molecular weight excluding hydrogens is 204 g/mol. The lowest BCUT2D eigenvalue weighted by atomic mass is 10.1. The van der Waals surface area contributed by atoms with Crippen LogP contribution in [0.2, 0.25) is 0 Å². The lowest BCUT2D eigenvalue weighted by Gasteiger charge is -2.07. The number of carbonyl (C=O) groups is 1. The summed E-state index contributed by atoms with van der Waals surface area (Å²) in [6.45, 7) is 0. The Morgan fingerprint density at radius 1 is 1.50 bits per heavy atom. The number of hydrogen-bond donors (Lipinski definition) is 2. The maximum Gasteiger partial charge on any atom is 0.320 e. The molecule has 1 unspecified atom stereocenters. The maximum absolute atomic E-state index is 10.7. The Morgan fingerprint density at radius 2 is 2.25 bits per heavy atom. The third kappa shape index (κ3) is 1.92. The molecule has 1 heterocycles. The van der Waals surface area contributed by atoms with Crippen LogP contribution in [0.1, 0.15) is 5.56 Å². The Balaban J connectivity index is 2.32. The first-order chi connectivity index (χ1) is 7.58. The standard InChI is InChI=1S/C12H14N2O2/c1-14-5-4-9-3-2-8(7-11(9)14)6-10(13)12(15)16/h2-5,7,10H,6,13H2,1H3,(H,15,16). The molecule has 0 bridgehead atoms. The molecule has 16 heavy (non-hydrogen) atoms. The summed E-state index contributed by atoms with van der Waals surface area (Å²) in [6, 6.07) is 7.08. The van der Waals surface area contributed by atoms with Gasteiger partial charge in [-0.1, -0.05) is 12.1 Å². The normalized spacial score (nSPS) is 12.9. The Kier molecular flexibility index (Phi) is 2.66. The molecule has 1 aromatic carbocycles. The van der Waals surface area contributed by atoms with Crippen molar-refractivity contribution in [1.82, 2.24) is 4.57 Å². The number of carboxylic acids is 1. The van der Waals surface area contributed by atoms with Crippen molar-refractivity contribution < 1.29 is 9.90 Å². The molecule has 0 spiro atoms. The second-order valence-corrected chi connectivity index (χ2v) is 3.97. The summed E-state index contributed by atoms with van der Waals surface area (Å²) in [5, 5.41) is 9.89. The predicted molar refractivity (Wildman–Crippen MR) is 62.2 cm³/mol. The first-order valence-corrected chi connectivity index (χ1v) is 5.10. The molecule has 3 N–H and O–H groups in total. The molecule has 0 saturated heterocycles. The Morgan fingerprint density at radius 3 is 2.94 bits per heavy atom. The summed E-state index contributed by atoms with van der Waals surface area (Å²) in [5.74, 6) is -0.966. The quantitative estimate of drug-likeness (QED) is 0.811. The molecule has 0 radical (unpaired) electrons.